The van der Waals surface area contributed by atoms with Crippen molar-refractivity contribution in [3.05, 3.63) is 53.4 Å². The monoisotopic (exact) mass is 278 g/mol. The van der Waals surface area contributed by atoms with Crippen LogP contribution in [-0.2, 0) is 7.05 Å². The molecule has 0 fully saturated rings. The van der Waals surface area contributed by atoms with E-state index >= 15 is 0 Å². The van der Waals surface area contributed by atoms with E-state index in [1.165, 1.54) is 0 Å². The SMILES string of the molecule is C=N/C=C(\C=C(/C)CN)c1c(C#N)c2ccccc2n1C. The molecule has 0 aliphatic rings. The molecule has 0 aliphatic heterocycles. The van der Waals surface area contributed by atoms with Gasteiger partial charge in [-0.15, -0.1) is 0 Å². The minimum Gasteiger partial charge on any atom is -0.342 e. The van der Waals surface area contributed by atoms with Crippen LogP contribution < -0.4 is 5.73 Å². The van der Waals surface area contributed by atoms with E-state index in [-0.39, 0.29) is 0 Å². The van der Waals surface area contributed by atoms with Gasteiger partial charge in [0.15, 0.2) is 0 Å². The molecule has 4 heteroatoms. The average molecular weight is 278 g/mol. The van der Waals surface area contributed by atoms with Gasteiger partial charge in [-0.05, 0) is 19.7 Å². The van der Waals surface area contributed by atoms with Crippen LogP contribution in [0.2, 0.25) is 0 Å². The van der Waals surface area contributed by atoms with Crippen molar-refractivity contribution in [3.8, 4) is 6.07 Å². The number of hydrogen-bond acceptors (Lipinski definition) is 3. The van der Waals surface area contributed by atoms with Crippen LogP contribution in [0.5, 0.6) is 0 Å². The van der Waals surface area contributed by atoms with Crippen molar-refractivity contribution in [3.63, 3.8) is 0 Å². The summed E-state index contributed by atoms with van der Waals surface area (Å²) in [7, 11) is 1.95. The van der Waals surface area contributed by atoms with Crippen LogP contribution in [0.15, 0.2) is 47.1 Å². The van der Waals surface area contributed by atoms with E-state index in [4.69, 9.17) is 5.73 Å². The molecule has 106 valence electrons. The van der Waals surface area contributed by atoms with Crippen molar-refractivity contribution in [1.82, 2.24) is 4.57 Å². The summed E-state index contributed by atoms with van der Waals surface area (Å²) in [5.41, 5.74) is 10.0. The highest BCUT2D eigenvalue weighted by Gasteiger charge is 2.17. The summed E-state index contributed by atoms with van der Waals surface area (Å²) in [5, 5.41) is 10.5. The molecule has 2 rings (SSSR count). The van der Waals surface area contributed by atoms with Gasteiger partial charge < -0.3 is 10.3 Å². The maximum Gasteiger partial charge on any atom is 0.102 e. The lowest BCUT2D eigenvalue weighted by Crippen LogP contribution is -2.02. The first-order valence-electron chi connectivity index (χ1n) is 6.65. The summed E-state index contributed by atoms with van der Waals surface area (Å²) in [5.74, 6) is 0. The molecule has 0 saturated carbocycles. The molecule has 0 spiro atoms. The van der Waals surface area contributed by atoms with E-state index in [0.717, 1.165) is 27.7 Å². The Hall–Kier alpha value is -2.64. The fourth-order valence-corrected chi connectivity index (χ4v) is 2.43. The van der Waals surface area contributed by atoms with Gasteiger partial charge in [-0.3, -0.25) is 4.99 Å². The molecule has 1 heterocycles. The van der Waals surface area contributed by atoms with Crippen molar-refractivity contribution < 1.29 is 0 Å². The number of aliphatic imine (C=N–C) groups is 1. The zero-order valence-electron chi connectivity index (χ0n) is 12.3. The number of allylic oxidation sites excluding steroid dienone is 2. The molecule has 1 aromatic heterocycles. The number of nitrogens with zero attached hydrogens (tertiary/aromatic N) is 3. The Morgan fingerprint density at radius 3 is 2.81 bits per heavy atom. The van der Waals surface area contributed by atoms with Gasteiger partial charge in [-0.1, -0.05) is 29.8 Å². The fraction of sp³-hybridized carbons (Fsp3) is 0.176. The van der Waals surface area contributed by atoms with E-state index < -0.39 is 0 Å². The van der Waals surface area contributed by atoms with Crippen LogP contribution in [-0.4, -0.2) is 17.8 Å². The van der Waals surface area contributed by atoms with E-state index in [9.17, 15) is 5.26 Å². The highest BCUT2D eigenvalue weighted by molar-refractivity contribution is 5.94. The number of benzene rings is 1. The molecule has 0 atom stereocenters. The van der Waals surface area contributed by atoms with Gasteiger partial charge in [-0.2, -0.15) is 5.26 Å². The topological polar surface area (TPSA) is 67.1 Å². The predicted molar refractivity (Wildman–Crippen MR) is 88.0 cm³/mol. The molecular weight excluding hydrogens is 260 g/mol. The first-order chi connectivity index (χ1) is 10.1. The molecule has 2 N–H and O–H groups in total. The lowest BCUT2D eigenvalue weighted by molar-refractivity contribution is 0.946. The number of aryl methyl sites for hydroxylation is 1. The summed E-state index contributed by atoms with van der Waals surface area (Å²) < 4.78 is 2.01. The normalized spacial score (nSPS) is 12.5. The Morgan fingerprint density at radius 1 is 1.48 bits per heavy atom. The molecule has 0 radical (unpaired) electrons. The summed E-state index contributed by atoms with van der Waals surface area (Å²) in [6.45, 7) is 5.93. The van der Waals surface area contributed by atoms with Gasteiger partial charge in [0.1, 0.15) is 6.07 Å². The van der Waals surface area contributed by atoms with Crippen molar-refractivity contribution in [2.75, 3.05) is 6.54 Å². The van der Waals surface area contributed by atoms with Gasteiger partial charge in [0.25, 0.3) is 0 Å². The summed E-state index contributed by atoms with van der Waals surface area (Å²) in [6.07, 6.45) is 3.61. The average Bonchev–Trinajstić information content (AvgIpc) is 2.79. The molecule has 0 saturated heterocycles. The van der Waals surface area contributed by atoms with Crippen LogP contribution in [0, 0.1) is 11.3 Å². The molecular formula is C17H18N4. The first kappa shape index (κ1) is 14.8. The van der Waals surface area contributed by atoms with Crippen molar-refractivity contribution >= 4 is 23.2 Å². The van der Waals surface area contributed by atoms with E-state index in [2.05, 4.69) is 17.8 Å². The quantitative estimate of drug-likeness (QED) is 0.690. The number of fused-ring (bicyclic) bond motifs is 1. The Labute approximate surface area is 124 Å². The van der Waals surface area contributed by atoms with E-state index in [0.29, 0.717) is 12.1 Å². The third kappa shape index (κ3) is 2.64. The predicted octanol–water partition coefficient (Wildman–Crippen LogP) is 3.00. The second kappa shape index (κ2) is 6.21. The zero-order chi connectivity index (χ0) is 15.4. The van der Waals surface area contributed by atoms with Gasteiger partial charge in [0, 0.05) is 36.3 Å². The summed E-state index contributed by atoms with van der Waals surface area (Å²) in [6, 6.07) is 10.2. The van der Waals surface area contributed by atoms with Crippen molar-refractivity contribution in [2.45, 2.75) is 6.92 Å². The highest BCUT2D eigenvalue weighted by Crippen LogP contribution is 2.30. The van der Waals surface area contributed by atoms with E-state index in [1.807, 2.05) is 48.9 Å². The maximum absolute atomic E-state index is 9.56. The molecule has 0 bridgehead atoms. The number of rotatable bonds is 4. The molecule has 2 aromatic rings. The van der Waals surface area contributed by atoms with Gasteiger partial charge in [-0.25, -0.2) is 0 Å². The Kier molecular flexibility index (Phi) is 4.36. The third-order valence-electron chi connectivity index (χ3n) is 3.45. The summed E-state index contributed by atoms with van der Waals surface area (Å²) in [4.78, 5) is 3.87. The smallest absolute Gasteiger partial charge is 0.102 e. The molecule has 4 nitrogen and oxygen atoms in total. The van der Waals surface area contributed by atoms with Gasteiger partial charge in [0.05, 0.1) is 11.3 Å². The Morgan fingerprint density at radius 2 is 2.19 bits per heavy atom. The first-order valence-corrected chi connectivity index (χ1v) is 6.65. The molecule has 0 unspecified atom stereocenters. The van der Waals surface area contributed by atoms with Gasteiger partial charge >= 0.3 is 0 Å². The standard InChI is InChI=1S/C17H18N4/c1-12(9-18)8-13(11-20-2)17-15(10-19)14-6-4-5-7-16(14)21(17)3/h4-8,11H,2,9,18H2,1,3H3/b12-8+,13-11+. The van der Waals surface area contributed by atoms with Crippen LogP contribution in [0.3, 0.4) is 0 Å². The van der Waals surface area contributed by atoms with Crippen molar-refractivity contribution in [1.29, 1.82) is 5.26 Å². The number of nitrogens with two attached hydrogens (primary N) is 1. The van der Waals surface area contributed by atoms with Crippen molar-refractivity contribution in [2.24, 2.45) is 17.8 Å². The highest BCUT2D eigenvalue weighted by atomic mass is 15.0. The third-order valence-corrected chi connectivity index (χ3v) is 3.45. The second-order valence-electron chi connectivity index (χ2n) is 4.87. The van der Waals surface area contributed by atoms with Crippen LogP contribution in [0.1, 0.15) is 18.2 Å². The lowest BCUT2D eigenvalue weighted by atomic mass is 10.0. The molecule has 0 amide bonds. The lowest BCUT2D eigenvalue weighted by Gasteiger charge is -2.07. The van der Waals surface area contributed by atoms with Crippen LogP contribution >= 0.6 is 0 Å². The van der Waals surface area contributed by atoms with Crippen LogP contribution in [0.25, 0.3) is 16.5 Å². The minimum atomic E-state index is 0.459. The zero-order valence-corrected chi connectivity index (χ0v) is 12.3. The number of aromatic nitrogens is 1. The molecule has 21 heavy (non-hydrogen) atoms. The Bertz CT molecular complexity index is 785. The van der Waals surface area contributed by atoms with Gasteiger partial charge in [0.2, 0.25) is 0 Å². The largest absolute Gasteiger partial charge is 0.342 e. The minimum absolute atomic E-state index is 0.459. The molecule has 1 aromatic carbocycles. The fourth-order valence-electron chi connectivity index (χ4n) is 2.43. The van der Waals surface area contributed by atoms with Crippen LogP contribution in [0.4, 0.5) is 0 Å². The van der Waals surface area contributed by atoms with E-state index in [1.54, 1.807) is 6.20 Å². The second-order valence-corrected chi connectivity index (χ2v) is 4.87. The number of para-hydroxylation sites is 1. The summed E-state index contributed by atoms with van der Waals surface area (Å²) >= 11 is 0. The maximum atomic E-state index is 9.56. The number of hydrogen-bond donors (Lipinski definition) is 1. The molecule has 0 aliphatic carbocycles. The Balaban J connectivity index is 2.81. The number of nitriles is 1.